The van der Waals surface area contributed by atoms with Crippen molar-refractivity contribution >= 4 is 12.6 Å². The highest BCUT2D eigenvalue weighted by Crippen LogP contribution is 2.36. The van der Waals surface area contributed by atoms with Gasteiger partial charge in [0.15, 0.2) is 0 Å². The summed E-state index contributed by atoms with van der Waals surface area (Å²) in [6.07, 6.45) is 5.57. The molecule has 0 atom stereocenters. The summed E-state index contributed by atoms with van der Waals surface area (Å²) in [5.74, 6) is 0.873. The average molecular weight is 248 g/mol. The van der Waals surface area contributed by atoms with Crippen molar-refractivity contribution < 1.29 is 9.31 Å². The quantitative estimate of drug-likeness (QED) is 0.764. The molecule has 1 aliphatic heterocycles. The summed E-state index contributed by atoms with van der Waals surface area (Å²) in [7, 11) is -0.370. The molecule has 2 heterocycles. The van der Waals surface area contributed by atoms with Gasteiger partial charge in [0.1, 0.15) is 5.82 Å². The third kappa shape index (κ3) is 2.42. The van der Waals surface area contributed by atoms with Gasteiger partial charge in [0.25, 0.3) is 0 Å². The molecule has 1 fully saturated rings. The van der Waals surface area contributed by atoms with Gasteiger partial charge in [-0.3, -0.25) is 0 Å². The molecular weight excluding hydrogens is 227 g/mol. The van der Waals surface area contributed by atoms with Crippen molar-refractivity contribution in [2.24, 2.45) is 0 Å². The summed E-state index contributed by atoms with van der Waals surface area (Å²) in [6.45, 7) is 10.3. The first-order valence-electron chi connectivity index (χ1n) is 6.52. The van der Waals surface area contributed by atoms with Crippen LogP contribution < -0.4 is 5.46 Å². The fourth-order valence-electron chi connectivity index (χ4n) is 1.82. The maximum absolute atomic E-state index is 5.95. The average Bonchev–Trinajstić information content (AvgIpc) is 2.50. The van der Waals surface area contributed by atoms with Crippen LogP contribution in [0.3, 0.4) is 0 Å². The van der Waals surface area contributed by atoms with Crippen molar-refractivity contribution in [3.8, 4) is 0 Å². The van der Waals surface area contributed by atoms with E-state index in [0.29, 0.717) is 0 Å². The number of aryl methyl sites for hydroxylation is 1. The third-order valence-electron chi connectivity index (χ3n) is 3.72. The van der Waals surface area contributed by atoms with Crippen molar-refractivity contribution in [1.82, 2.24) is 9.97 Å². The van der Waals surface area contributed by atoms with Gasteiger partial charge in [0.05, 0.1) is 11.2 Å². The highest BCUT2D eigenvalue weighted by Gasteiger charge is 2.51. The van der Waals surface area contributed by atoms with Crippen molar-refractivity contribution in [3.63, 3.8) is 0 Å². The summed E-state index contributed by atoms with van der Waals surface area (Å²) in [6, 6.07) is 0. The molecule has 1 aromatic rings. The first-order valence-corrected chi connectivity index (χ1v) is 6.52. The normalized spacial score (nSPS) is 21.3. The van der Waals surface area contributed by atoms with Crippen molar-refractivity contribution in [3.05, 3.63) is 18.2 Å². The lowest BCUT2D eigenvalue weighted by molar-refractivity contribution is 0.00578. The number of nitrogens with zero attached hydrogens (tertiary/aromatic N) is 2. The van der Waals surface area contributed by atoms with Gasteiger partial charge >= 0.3 is 7.12 Å². The highest BCUT2D eigenvalue weighted by molar-refractivity contribution is 6.61. The second kappa shape index (κ2) is 4.63. The van der Waals surface area contributed by atoms with Crippen LogP contribution in [0.1, 0.15) is 46.9 Å². The SMILES string of the molecule is CCCc1ncc(B2OC(C)(C)C(C)(C)O2)cn1. The van der Waals surface area contributed by atoms with Gasteiger partial charge in [-0.05, 0) is 34.1 Å². The molecule has 98 valence electrons. The van der Waals surface area contributed by atoms with E-state index in [-0.39, 0.29) is 18.3 Å². The second-order valence-electron chi connectivity index (χ2n) is 5.77. The molecule has 0 saturated carbocycles. The van der Waals surface area contributed by atoms with Crippen LogP contribution in [0.25, 0.3) is 0 Å². The number of hydrogen-bond acceptors (Lipinski definition) is 4. The van der Waals surface area contributed by atoms with Crippen LogP contribution in [0.5, 0.6) is 0 Å². The van der Waals surface area contributed by atoms with Crippen LogP contribution in [-0.4, -0.2) is 28.3 Å². The van der Waals surface area contributed by atoms with Crippen molar-refractivity contribution in [2.75, 3.05) is 0 Å². The van der Waals surface area contributed by atoms with Gasteiger partial charge < -0.3 is 9.31 Å². The zero-order chi connectivity index (χ0) is 13.4. The van der Waals surface area contributed by atoms with Crippen LogP contribution in [0, 0.1) is 0 Å². The molecular formula is C13H21BN2O2. The molecule has 0 bridgehead atoms. The fourth-order valence-corrected chi connectivity index (χ4v) is 1.82. The van der Waals surface area contributed by atoms with Gasteiger partial charge in [-0.15, -0.1) is 0 Å². The largest absolute Gasteiger partial charge is 0.498 e. The van der Waals surface area contributed by atoms with Crippen LogP contribution in [0.4, 0.5) is 0 Å². The van der Waals surface area contributed by atoms with Crippen LogP contribution in [0.15, 0.2) is 12.4 Å². The van der Waals surface area contributed by atoms with E-state index in [1.165, 1.54) is 0 Å². The molecule has 0 N–H and O–H groups in total. The van der Waals surface area contributed by atoms with Crippen LogP contribution in [0.2, 0.25) is 0 Å². The molecule has 1 saturated heterocycles. The summed E-state index contributed by atoms with van der Waals surface area (Å²) in [5.41, 5.74) is 0.244. The molecule has 0 unspecified atom stereocenters. The van der Waals surface area contributed by atoms with E-state index in [0.717, 1.165) is 24.1 Å². The van der Waals surface area contributed by atoms with Gasteiger partial charge in [0.2, 0.25) is 0 Å². The molecule has 2 rings (SSSR count). The van der Waals surface area contributed by atoms with Crippen LogP contribution >= 0.6 is 0 Å². The standard InChI is InChI=1S/C13H21BN2O2/c1-6-7-11-15-8-10(9-16-11)14-17-12(2,3)13(4,5)18-14/h8-9H,6-7H2,1-5H3. The van der Waals surface area contributed by atoms with E-state index in [2.05, 4.69) is 16.9 Å². The predicted octanol–water partition coefficient (Wildman–Crippen LogP) is 1.73. The Morgan fingerprint density at radius 2 is 1.56 bits per heavy atom. The molecule has 0 aliphatic carbocycles. The summed E-state index contributed by atoms with van der Waals surface area (Å²) in [5, 5.41) is 0. The minimum absolute atomic E-state index is 0.320. The Bertz CT molecular complexity index is 402. The maximum Gasteiger partial charge on any atom is 0.498 e. The highest BCUT2D eigenvalue weighted by atomic mass is 16.7. The van der Waals surface area contributed by atoms with E-state index >= 15 is 0 Å². The smallest absolute Gasteiger partial charge is 0.399 e. The number of hydrogen-bond donors (Lipinski definition) is 0. The zero-order valence-electron chi connectivity index (χ0n) is 11.9. The maximum atomic E-state index is 5.95. The van der Waals surface area contributed by atoms with Crippen LogP contribution in [-0.2, 0) is 15.7 Å². The topological polar surface area (TPSA) is 44.2 Å². The Hall–Kier alpha value is -0.935. The van der Waals surface area contributed by atoms with Gasteiger partial charge in [-0.2, -0.15) is 0 Å². The van der Waals surface area contributed by atoms with E-state index < -0.39 is 0 Å². The van der Waals surface area contributed by atoms with Crippen molar-refractivity contribution in [2.45, 2.75) is 58.7 Å². The summed E-state index contributed by atoms with van der Waals surface area (Å²) < 4.78 is 11.9. The summed E-state index contributed by atoms with van der Waals surface area (Å²) in [4.78, 5) is 8.67. The molecule has 5 heteroatoms. The Balaban J connectivity index is 2.14. The van der Waals surface area contributed by atoms with E-state index in [9.17, 15) is 0 Å². The van der Waals surface area contributed by atoms with Gasteiger partial charge in [0, 0.05) is 24.3 Å². The van der Waals surface area contributed by atoms with Gasteiger partial charge in [-0.1, -0.05) is 6.92 Å². The lowest BCUT2D eigenvalue weighted by Gasteiger charge is -2.32. The van der Waals surface area contributed by atoms with Crippen molar-refractivity contribution in [1.29, 1.82) is 0 Å². The van der Waals surface area contributed by atoms with E-state index in [1.54, 1.807) is 12.4 Å². The number of rotatable bonds is 3. The number of aromatic nitrogens is 2. The molecule has 0 amide bonds. The second-order valence-corrected chi connectivity index (χ2v) is 5.77. The Labute approximate surface area is 109 Å². The fraction of sp³-hybridized carbons (Fsp3) is 0.692. The molecule has 18 heavy (non-hydrogen) atoms. The molecule has 4 nitrogen and oxygen atoms in total. The van der Waals surface area contributed by atoms with Gasteiger partial charge in [-0.25, -0.2) is 9.97 Å². The predicted molar refractivity (Wildman–Crippen MR) is 71.7 cm³/mol. The third-order valence-corrected chi connectivity index (χ3v) is 3.72. The molecule has 1 aromatic heterocycles. The van der Waals surface area contributed by atoms with E-state index in [1.807, 2.05) is 27.7 Å². The lowest BCUT2D eigenvalue weighted by Crippen LogP contribution is -2.41. The minimum atomic E-state index is -0.370. The lowest BCUT2D eigenvalue weighted by atomic mass is 9.81. The molecule has 1 aliphatic rings. The Morgan fingerprint density at radius 1 is 1.06 bits per heavy atom. The zero-order valence-corrected chi connectivity index (χ0v) is 11.9. The molecule has 0 aromatic carbocycles. The summed E-state index contributed by atoms with van der Waals surface area (Å²) >= 11 is 0. The molecule has 0 radical (unpaired) electrons. The first kappa shape index (κ1) is 13.5. The Morgan fingerprint density at radius 3 is 2.00 bits per heavy atom. The first-order chi connectivity index (χ1) is 8.36. The Kier molecular flexibility index (Phi) is 3.47. The monoisotopic (exact) mass is 248 g/mol. The molecule has 0 spiro atoms. The van der Waals surface area contributed by atoms with E-state index in [4.69, 9.17) is 9.31 Å². The minimum Gasteiger partial charge on any atom is -0.399 e.